The lowest BCUT2D eigenvalue weighted by molar-refractivity contribution is -0.135. The van der Waals surface area contributed by atoms with E-state index in [4.69, 9.17) is 0 Å². The van der Waals surface area contributed by atoms with E-state index in [1.165, 1.54) is 48.4 Å². The van der Waals surface area contributed by atoms with Crippen LogP contribution >= 0.6 is 0 Å². The zero-order chi connectivity index (χ0) is 16.1. The highest BCUT2D eigenvalue weighted by molar-refractivity contribution is 5.99. The Hall–Kier alpha value is -1.71. The average Bonchev–Trinajstić information content (AvgIpc) is 2.54. The van der Waals surface area contributed by atoms with E-state index >= 15 is 0 Å². The second-order valence-corrected chi connectivity index (χ2v) is 6.31. The van der Waals surface area contributed by atoms with Gasteiger partial charge >= 0.3 is 0 Å². The summed E-state index contributed by atoms with van der Waals surface area (Å²) < 4.78 is 12.9. The normalized spacial score (nSPS) is 17.0. The minimum absolute atomic E-state index is 0.0300. The molecule has 0 saturated heterocycles. The molecule has 0 bridgehead atoms. The Morgan fingerprint density at radius 1 is 1.18 bits per heavy atom. The number of carbonyl (C=O) groups is 2. The third-order valence-electron chi connectivity index (χ3n) is 4.67. The molecule has 1 atom stereocenters. The predicted molar refractivity (Wildman–Crippen MR) is 84.1 cm³/mol. The molecule has 1 saturated carbocycles. The zero-order valence-electron chi connectivity index (χ0n) is 13.3. The van der Waals surface area contributed by atoms with Gasteiger partial charge in [0.2, 0.25) is 5.91 Å². The van der Waals surface area contributed by atoms with E-state index in [2.05, 4.69) is 0 Å². The van der Waals surface area contributed by atoms with E-state index in [0.29, 0.717) is 11.5 Å². The SMILES string of the molecule is C[C@H](C(=O)N(C)CC(=O)c1ccc(F)cc1)C1CCCCC1. The molecule has 1 aromatic rings. The lowest BCUT2D eigenvalue weighted by Gasteiger charge is -2.29. The summed E-state index contributed by atoms with van der Waals surface area (Å²) >= 11 is 0. The average molecular weight is 305 g/mol. The summed E-state index contributed by atoms with van der Waals surface area (Å²) in [6.45, 7) is 2.01. The van der Waals surface area contributed by atoms with Gasteiger partial charge in [0, 0.05) is 18.5 Å². The Labute approximate surface area is 131 Å². The van der Waals surface area contributed by atoms with Crippen molar-refractivity contribution in [3.05, 3.63) is 35.6 Å². The molecule has 1 aromatic carbocycles. The summed E-state index contributed by atoms with van der Waals surface area (Å²) in [5.41, 5.74) is 0.436. The molecule has 1 amide bonds. The molecule has 0 radical (unpaired) electrons. The molecule has 1 aliphatic carbocycles. The quantitative estimate of drug-likeness (QED) is 0.778. The number of ketones is 1. The number of rotatable bonds is 5. The van der Waals surface area contributed by atoms with Gasteiger partial charge < -0.3 is 4.90 Å². The largest absolute Gasteiger partial charge is 0.338 e. The molecule has 1 aliphatic rings. The summed E-state index contributed by atoms with van der Waals surface area (Å²) in [7, 11) is 1.67. The van der Waals surface area contributed by atoms with Crippen molar-refractivity contribution in [1.82, 2.24) is 4.90 Å². The number of hydrogen-bond acceptors (Lipinski definition) is 2. The highest BCUT2D eigenvalue weighted by Crippen LogP contribution is 2.30. The minimum atomic E-state index is -0.369. The molecule has 4 heteroatoms. The van der Waals surface area contributed by atoms with Crippen LogP contribution in [0.1, 0.15) is 49.4 Å². The van der Waals surface area contributed by atoms with Crippen LogP contribution in [0.15, 0.2) is 24.3 Å². The second-order valence-electron chi connectivity index (χ2n) is 6.31. The summed E-state index contributed by atoms with van der Waals surface area (Å²) in [5, 5.41) is 0. The monoisotopic (exact) mass is 305 g/mol. The maximum absolute atomic E-state index is 12.9. The van der Waals surface area contributed by atoms with E-state index in [0.717, 1.165) is 12.8 Å². The van der Waals surface area contributed by atoms with Gasteiger partial charge in [-0.2, -0.15) is 0 Å². The van der Waals surface area contributed by atoms with Crippen molar-refractivity contribution in [2.75, 3.05) is 13.6 Å². The Balaban J connectivity index is 1.92. The van der Waals surface area contributed by atoms with Crippen molar-refractivity contribution in [3.8, 4) is 0 Å². The van der Waals surface area contributed by atoms with Crippen LogP contribution in [0.5, 0.6) is 0 Å². The standard InChI is InChI=1S/C18H24FNO2/c1-13(14-6-4-3-5-7-14)18(22)20(2)12-17(21)15-8-10-16(19)11-9-15/h8-11,13-14H,3-7,12H2,1-2H3/t13-/m0/s1. The van der Waals surface area contributed by atoms with E-state index in [1.54, 1.807) is 7.05 Å². The van der Waals surface area contributed by atoms with E-state index in [1.807, 2.05) is 6.92 Å². The number of amides is 1. The van der Waals surface area contributed by atoms with Gasteiger partial charge in [-0.1, -0.05) is 26.2 Å². The summed E-state index contributed by atoms with van der Waals surface area (Å²) in [5.74, 6) is -0.100. The Kier molecular flexibility index (Phi) is 5.69. The first-order chi connectivity index (χ1) is 10.5. The Morgan fingerprint density at radius 2 is 1.77 bits per heavy atom. The highest BCUT2D eigenvalue weighted by atomic mass is 19.1. The molecule has 0 unspecified atom stereocenters. The maximum Gasteiger partial charge on any atom is 0.225 e. The van der Waals surface area contributed by atoms with Crippen molar-refractivity contribution >= 4 is 11.7 Å². The fraction of sp³-hybridized carbons (Fsp3) is 0.556. The first kappa shape index (κ1) is 16.7. The van der Waals surface area contributed by atoms with Crippen molar-refractivity contribution < 1.29 is 14.0 Å². The molecule has 1 fully saturated rings. The first-order valence-electron chi connectivity index (χ1n) is 8.03. The number of halogens is 1. The second kappa shape index (κ2) is 7.52. The molecule has 0 aliphatic heterocycles. The number of nitrogens with zero attached hydrogens (tertiary/aromatic N) is 1. The van der Waals surface area contributed by atoms with Crippen LogP contribution in [0.25, 0.3) is 0 Å². The van der Waals surface area contributed by atoms with Crippen molar-refractivity contribution in [1.29, 1.82) is 0 Å². The molecule has 0 aromatic heterocycles. The molecule has 0 N–H and O–H groups in total. The Morgan fingerprint density at radius 3 is 2.36 bits per heavy atom. The van der Waals surface area contributed by atoms with Gasteiger partial charge in [-0.25, -0.2) is 4.39 Å². The molecule has 3 nitrogen and oxygen atoms in total. The topological polar surface area (TPSA) is 37.4 Å². The number of Topliss-reactive ketones (excluding diaryl/α,β-unsaturated/α-hetero) is 1. The van der Waals surface area contributed by atoms with Gasteiger partial charge in [-0.15, -0.1) is 0 Å². The van der Waals surface area contributed by atoms with Crippen LogP contribution in [0.4, 0.5) is 4.39 Å². The molecule has 2 rings (SSSR count). The van der Waals surface area contributed by atoms with Crippen LogP contribution in [0, 0.1) is 17.7 Å². The van der Waals surface area contributed by atoms with E-state index in [9.17, 15) is 14.0 Å². The highest BCUT2D eigenvalue weighted by Gasteiger charge is 2.28. The van der Waals surface area contributed by atoms with Crippen molar-refractivity contribution in [2.24, 2.45) is 11.8 Å². The van der Waals surface area contributed by atoms with Crippen LogP contribution in [-0.2, 0) is 4.79 Å². The van der Waals surface area contributed by atoms with Crippen LogP contribution in [0.2, 0.25) is 0 Å². The van der Waals surface area contributed by atoms with Gasteiger partial charge in [-0.05, 0) is 43.0 Å². The summed E-state index contributed by atoms with van der Waals surface area (Å²) in [4.78, 5) is 26.1. The number of carbonyl (C=O) groups excluding carboxylic acids is 2. The minimum Gasteiger partial charge on any atom is -0.338 e. The lowest BCUT2D eigenvalue weighted by atomic mass is 9.80. The molecule has 0 spiro atoms. The molecule has 120 valence electrons. The number of hydrogen-bond donors (Lipinski definition) is 0. The van der Waals surface area contributed by atoms with Gasteiger partial charge in [0.05, 0.1) is 6.54 Å². The van der Waals surface area contributed by atoms with Crippen molar-refractivity contribution in [3.63, 3.8) is 0 Å². The third-order valence-corrected chi connectivity index (χ3v) is 4.67. The van der Waals surface area contributed by atoms with Crippen molar-refractivity contribution in [2.45, 2.75) is 39.0 Å². The Bertz CT molecular complexity index is 520. The van der Waals surface area contributed by atoms with Crippen LogP contribution in [-0.4, -0.2) is 30.2 Å². The number of benzene rings is 1. The van der Waals surface area contributed by atoms with Gasteiger partial charge in [0.1, 0.15) is 5.82 Å². The first-order valence-corrected chi connectivity index (χ1v) is 8.03. The predicted octanol–water partition coefficient (Wildman–Crippen LogP) is 3.68. The maximum atomic E-state index is 12.9. The van der Waals surface area contributed by atoms with E-state index in [-0.39, 0.29) is 30.0 Å². The van der Waals surface area contributed by atoms with Gasteiger partial charge in [-0.3, -0.25) is 9.59 Å². The molecule has 0 heterocycles. The summed E-state index contributed by atoms with van der Waals surface area (Å²) in [6.07, 6.45) is 5.86. The third kappa shape index (κ3) is 4.15. The van der Waals surface area contributed by atoms with Crippen LogP contribution in [0.3, 0.4) is 0 Å². The van der Waals surface area contributed by atoms with Gasteiger partial charge in [0.15, 0.2) is 5.78 Å². The fourth-order valence-corrected chi connectivity index (χ4v) is 3.20. The molecular formula is C18H24FNO2. The molecular weight excluding hydrogens is 281 g/mol. The fourth-order valence-electron chi connectivity index (χ4n) is 3.20. The van der Waals surface area contributed by atoms with Gasteiger partial charge in [0.25, 0.3) is 0 Å². The number of likely N-dealkylation sites (N-methyl/N-ethyl adjacent to an activating group) is 1. The van der Waals surface area contributed by atoms with E-state index < -0.39 is 0 Å². The zero-order valence-corrected chi connectivity index (χ0v) is 13.3. The summed E-state index contributed by atoms with van der Waals surface area (Å²) in [6, 6.07) is 5.44. The lowest BCUT2D eigenvalue weighted by Crippen LogP contribution is -2.38. The smallest absolute Gasteiger partial charge is 0.225 e. The van der Waals surface area contributed by atoms with Crippen LogP contribution < -0.4 is 0 Å². The molecule has 22 heavy (non-hydrogen) atoms.